The summed E-state index contributed by atoms with van der Waals surface area (Å²) in [4.78, 5) is 1.23. The maximum Gasteiger partial charge on any atom is 0.406 e. The number of anilines is 2. The maximum atomic E-state index is 13.4. The van der Waals surface area contributed by atoms with Crippen LogP contribution in [0, 0.1) is 5.92 Å². The molecule has 0 amide bonds. The monoisotopic (exact) mass is 465 g/mol. The molecule has 0 saturated carbocycles. The molecule has 1 fully saturated rings. The van der Waals surface area contributed by atoms with Gasteiger partial charge in [0.25, 0.3) is 0 Å². The van der Waals surface area contributed by atoms with Crippen LogP contribution in [-0.4, -0.2) is 37.1 Å². The maximum absolute atomic E-state index is 13.4. The third-order valence-electron chi connectivity index (χ3n) is 6.18. The molecule has 2 aromatic rings. The van der Waals surface area contributed by atoms with Crippen molar-refractivity contribution in [2.24, 2.45) is 5.92 Å². The largest absolute Gasteiger partial charge is 0.490 e. The van der Waals surface area contributed by atoms with Crippen molar-refractivity contribution in [2.75, 3.05) is 24.7 Å². The summed E-state index contributed by atoms with van der Waals surface area (Å²) in [5, 5.41) is 10.8. The summed E-state index contributed by atoms with van der Waals surface area (Å²) in [6, 6.07) is 12.0. The average molecular weight is 466 g/mol. The van der Waals surface area contributed by atoms with E-state index >= 15 is 0 Å². The smallest absolute Gasteiger partial charge is 0.406 e. The van der Waals surface area contributed by atoms with Gasteiger partial charge in [-0.2, -0.15) is 13.2 Å². The number of hydrogen-bond donors (Lipinski definition) is 1. The molecule has 2 heterocycles. The van der Waals surface area contributed by atoms with Crippen molar-refractivity contribution in [3.8, 4) is 5.75 Å². The van der Waals surface area contributed by atoms with Gasteiger partial charge in [-0.05, 0) is 55.2 Å². The van der Waals surface area contributed by atoms with Crippen molar-refractivity contribution in [3.63, 3.8) is 0 Å². The summed E-state index contributed by atoms with van der Waals surface area (Å²) in [6.45, 7) is 6.27. The first-order valence-electron chi connectivity index (χ1n) is 11.8. The Hall–Kier alpha value is -2.25. The highest BCUT2D eigenvalue weighted by Crippen LogP contribution is 2.42. The number of ether oxygens (including phenoxy) is 2. The Bertz CT molecular complexity index is 879. The number of aliphatic hydroxyl groups excluding tert-OH is 1. The number of aliphatic hydroxyl groups is 1. The first-order chi connectivity index (χ1) is 15.8. The number of benzene rings is 2. The predicted molar refractivity (Wildman–Crippen MR) is 124 cm³/mol. The van der Waals surface area contributed by atoms with Crippen molar-refractivity contribution in [2.45, 2.75) is 64.8 Å². The van der Waals surface area contributed by atoms with Crippen LogP contribution in [0.15, 0.2) is 42.5 Å². The lowest BCUT2D eigenvalue weighted by molar-refractivity contribution is -0.118. The van der Waals surface area contributed by atoms with Gasteiger partial charge in [0.15, 0.2) is 0 Å². The van der Waals surface area contributed by atoms with Crippen LogP contribution in [0.5, 0.6) is 5.75 Å². The molecule has 7 heteroatoms. The Balaban J connectivity index is 0.00000149. The first-order valence-corrected chi connectivity index (χ1v) is 11.8. The Morgan fingerprint density at radius 3 is 2.24 bits per heavy atom. The highest BCUT2D eigenvalue weighted by Gasteiger charge is 2.35. The molecule has 4 nitrogen and oxygen atoms in total. The van der Waals surface area contributed by atoms with E-state index in [1.807, 2.05) is 32.9 Å². The van der Waals surface area contributed by atoms with Crippen molar-refractivity contribution in [3.05, 3.63) is 53.6 Å². The van der Waals surface area contributed by atoms with Gasteiger partial charge in [0.05, 0.1) is 6.10 Å². The van der Waals surface area contributed by atoms with Gasteiger partial charge < -0.3 is 19.5 Å². The van der Waals surface area contributed by atoms with Crippen molar-refractivity contribution >= 4 is 11.4 Å². The van der Waals surface area contributed by atoms with E-state index < -0.39 is 18.8 Å². The van der Waals surface area contributed by atoms with Gasteiger partial charge in [0.1, 0.15) is 18.4 Å². The Morgan fingerprint density at radius 1 is 1.00 bits per heavy atom. The Labute approximate surface area is 194 Å². The zero-order valence-electron chi connectivity index (χ0n) is 19.6. The first kappa shape index (κ1) is 25.4. The molecule has 0 spiro atoms. The Kier molecular flexibility index (Phi) is 8.65. The van der Waals surface area contributed by atoms with E-state index in [1.165, 1.54) is 4.90 Å². The van der Waals surface area contributed by atoms with Crippen LogP contribution < -0.4 is 9.64 Å². The number of nitrogens with zero attached hydrogens (tertiary/aromatic N) is 1. The lowest BCUT2D eigenvalue weighted by Crippen LogP contribution is -2.36. The van der Waals surface area contributed by atoms with E-state index in [0.717, 1.165) is 24.8 Å². The van der Waals surface area contributed by atoms with E-state index in [2.05, 4.69) is 0 Å². The van der Waals surface area contributed by atoms with Gasteiger partial charge >= 0.3 is 6.18 Å². The van der Waals surface area contributed by atoms with Gasteiger partial charge in [-0.3, -0.25) is 0 Å². The van der Waals surface area contributed by atoms with E-state index in [-0.39, 0.29) is 6.10 Å². The molecule has 4 rings (SSSR count). The van der Waals surface area contributed by atoms with Gasteiger partial charge in [-0.1, -0.05) is 32.9 Å². The number of aryl methyl sites for hydroxylation is 1. The van der Waals surface area contributed by atoms with Crippen LogP contribution in [0.3, 0.4) is 0 Å². The zero-order chi connectivity index (χ0) is 24.0. The normalized spacial score (nSPS) is 20.8. The number of fused-ring (bicyclic) bond motifs is 1. The molecule has 2 unspecified atom stereocenters. The molecule has 2 aliphatic rings. The summed E-state index contributed by atoms with van der Waals surface area (Å²) < 4.78 is 51.7. The van der Waals surface area contributed by atoms with Crippen LogP contribution in [0.1, 0.15) is 57.3 Å². The molecule has 2 atom stereocenters. The van der Waals surface area contributed by atoms with Gasteiger partial charge in [0.2, 0.25) is 0 Å². The highest BCUT2D eigenvalue weighted by molar-refractivity contribution is 5.66. The predicted octanol–water partition coefficient (Wildman–Crippen LogP) is 6.59. The molecule has 0 aromatic heterocycles. The lowest BCUT2D eigenvalue weighted by atomic mass is 9.86. The molecule has 2 aromatic carbocycles. The van der Waals surface area contributed by atoms with Crippen molar-refractivity contribution < 1.29 is 27.8 Å². The Morgan fingerprint density at radius 2 is 1.64 bits per heavy atom. The molecular formula is C26H34F3NO3. The van der Waals surface area contributed by atoms with Crippen molar-refractivity contribution in [1.29, 1.82) is 0 Å². The zero-order valence-corrected chi connectivity index (χ0v) is 19.6. The number of rotatable bonds is 5. The topological polar surface area (TPSA) is 41.9 Å². The van der Waals surface area contributed by atoms with E-state index in [0.29, 0.717) is 48.2 Å². The SMILES string of the molecule is CC.CCc1ccc(N(CC(F)(F)F)c2ccc3c(c2)C(O)CC(C2CCOCC2)O3)cc1. The van der Waals surface area contributed by atoms with E-state index in [9.17, 15) is 18.3 Å². The summed E-state index contributed by atoms with van der Waals surface area (Å²) in [7, 11) is 0. The molecule has 0 bridgehead atoms. The number of hydrogen-bond acceptors (Lipinski definition) is 4. The number of halogens is 3. The molecule has 0 radical (unpaired) electrons. The fourth-order valence-corrected chi connectivity index (χ4v) is 4.43. The van der Waals surface area contributed by atoms with Crippen LogP contribution in [0.4, 0.5) is 24.5 Å². The second-order valence-corrected chi connectivity index (χ2v) is 8.30. The summed E-state index contributed by atoms with van der Waals surface area (Å²) in [6.07, 6.45) is -2.22. The molecule has 182 valence electrons. The summed E-state index contributed by atoms with van der Waals surface area (Å²) >= 11 is 0. The summed E-state index contributed by atoms with van der Waals surface area (Å²) in [5.74, 6) is 0.863. The second kappa shape index (κ2) is 11.3. The van der Waals surface area contributed by atoms with Crippen LogP contribution in [0.2, 0.25) is 0 Å². The van der Waals surface area contributed by atoms with Crippen LogP contribution in [0.25, 0.3) is 0 Å². The fraction of sp³-hybridized carbons (Fsp3) is 0.538. The molecule has 1 N–H and O–H groups in total. The van der Waals surface area contributed by atoms with Gasteiger partial charge in [-0.25, -0.2) is 0 Å². The van der Waals surface area contributed by atoms with Crippen LogP contribution >= 0.6 is 0 Å². The molecular weight excluding hydrogens is 431 g/mol. The van der Waals surface area contributed by atoms with Gasteiger partial charge in [0, 0.05) is 42.5 Å². The summed E-state index contributed by atoms with van der Waals surface area (Å²) in [5.41, 5.74) is 2.44. The second-order valence-electron chi connectivity index (χ2n) is 8.30. The standard InChI is InChI=1S/C24H28F3NO3.C2H6/c1-2-16-3-5-18(6-4-16)28(15-24(25,26)27)19-7-8-22-20(13-19)21(29)14-23(31-22)17-9-11-30-12-10-17;1-2/h3-8,13,17,21,23,29H,2,9-12,14-15H2,1H3;1-2H3. The molecule has 2 aliphatic heterocycles. The third kappa shape index (κ3) is 6.42. The average Bonchev–Trinajstić information content (AvgIpc) is 2.84. The van der Waals surface area contributed by atoms with Gasteiger partial charge in [-0.15, -0.1) is 0 Å². The minimum atomic E-state index is -4.37. The fourth-order valence-electron chi connectivity index (χ4n) is 4.43. The van der Waals surface area contributed by atoms with Crippen molar-refractivity contribution in [1.82, 2.24) is 0 Å². The third-order valence-corrected chi connectivity index (χ3v) is 6.18. The lowest BCUT2D eigenvalue weighted by Gasteiger charge is -2.37. The molecule has 1 saturated heterocycles. The minimum absolute atomic E-state index is 0.106. The minimum Gasteiger partial charge on any atom is -0.490 e. The highest BCUT2D eigenvalue weighted by atomic mass is 19.4. The molecule has 0 aliphatic carbocycles. The van der Waals surface area contributed by atoms with E-state index in [1.54, 1.807) is 30.3 Å². The van der Waals surface area contributed by atoms with E-state index in [4.69, 9.17) is 9.47 Å². The number of alkyl halides is 3. The quantitative estimate of drug-likeness (QED) is 0.541. The molecule has 33 heavy (non-hydrogen) atoms. The van der Waals surface area contributed by atoms with Crippen LogP contribution in [-0.2, 0) is 11.2 Å².